The highest BCUT2D eigenvalue weighted by molar-refractivity contribution is 5.98. The summed E-state index contributed by atoms with van der Waals surface area (Å²) in [6.07, 6.45) is 4.49. The molecule has 0 aliphatic heterocycles. The van der Waals surface area contributed by atoms with Crippen LogP contribution in [0.2, 0.25) is 0 Å². The van der Waals surface area contributed by atoms with E-state index < -0.39 is 0 Å². The lowest BCUT2D eigenvalue weighted by atomic mass is 9.92. The fraction of sp³-hybridized carbons (Fsp3) is 0.385. The molecule has 4 rings (SSSR count). The molecule has 1 aromatic carbocycles. The number of hydrogen-bond donors (Lipinski definition) is 0. The number of hydrogen-bond acceptors (Lipinski definition) is 2. The number of benzene rings is 1. The first-order chi connectivity index (χ1) is 14.3. The maximum absolute atomic E-state index is 4.91. The van der Waals surface area contributed by atoms with Gasteiger partial charge in [0.05, 0.1) is 11.4 Å². The van der Waals surface area contributed by atoms with Gasteiger partial charge in [0.25, 0.3) is 0 Å². The van der Waals surface area contributed by atoms with Crippen molar-refractivity contribution in [1.29, 1.82) is 0 Å². The van der Waals surface area contributed by atoms with E-state index in [0.717, 1.165) is 41.1 Å². The normalized spacial score (nSPS) is 11.9. The maximum atomic E-state index is 4.91. The number of rotatable bonds is 5. The number of aromatic nitrogens is 4. The number of nitrogens with zero attached hydrogens (tertiary/aromatic N) is 4. The maximum Gasteiger partial charge on any atom is 0.157 e. The van der Waals surface area contributed by atoms with Crippen LogP contribution in [0.5, 0.6) is 0 Å². The van der Waals surface area contributed by atoms with Crippen LogP contribution in [0.1, 0.15) is 67.7 Å². The molecular formula is C26H32N4. The molecule has 156 valence electrons. The summed E-state index contributed by atoms with van der Waals surface area (Å²) in [5.74, 6) is 0. The average Bonchev–Trinajstić information content (AvgIpc) is 3.25. The summed E-state index contributed by atoms with van der Waals surface area (Å²) in [5, 5.41) is 6.00. The Bertz CT molecular complexity index is 1280. The summed E-state index contributed by atoms with van der Waals surface area (Å²) in [4.78, 5) is 4.91. The van der Waals surface area contributed by atoms with Crippen LogP contribution in [0.4, 0.5) is 0 Å². The molecule has 4 nitrogen and oxygen atoms in total. The van der Waals surface area contributed by atoms with Crippen molar-refractivity contribution in [3.63, 3.8) is 0 Å². The zero-order valence-corrected chi connectivity index (χ0v) is 19.3. The monoisotopic (exact) mass is 400 g/mol. The Morgan fingerprint density at radius 3 is 2.33 bits per heavy atom. The fourth-order valence-corrected chi connectivity index (χ4v) is 4.77. The third-order valence-electron chi connectivity index (χ3n) is 6.32. The lowest BCUT2D eigenvalue weighted by Gasteiger charge is -2.16. The third kappa shape index (κ3) is 3.06. The Hall–Kier alpha value is -2.88. The Morgan fingerprint density at radius 1 is 1.00 bits per heavy atom. The highest BCUT2D eigenvalue weighted by atomic mass is 15.3. The second kappa shape index (κ2) is 7.42. The Labute approximate surface area is 179 Å². The molecule has 3 aromatic heterocycles. The predicted molar refractivity (Wildman–Crippen MR) is 127 cm³/mol. The molecule has 0 N–H and O–H groups in total. The van der Waals surface area contributed by atoms with E-state index in [1.807, 2.05) is 11.4 Å². The fourth-order valence-electron chi connectivity index (χ4n) is 4.77. The Kier molecular flexibility index (Phi) is 5.05. The Morgan fingerprint density at radius 2 is 1.70 bits per heavy atom. The van der Waals surface area contributed by atoms with E-state index in [-0.39, 0.29) is 0 Å². The van der Waals surface area contributed by atoms with Gasteiger partial charge in [-0.15, -0.1) is 0 Å². The minimum Gasteiger partial charge on any atom is -0.329 e. The van der Waals surface area contributed by atoms with Gasteiger partial charge < -0.3 is 4.57 Å². The molecule has 0 saturated heterocycles. The van der Waals surface area contributed by atoms with Crippen molar-refractivity contribution < 1.29 is 0 Å². The summed E-state index contributed by atoms with van der Waals surface area (Å²) in [5.41, 5.74) is 11.5. The van der Waals surface area contributed by atoms with Gasteiger partial charge in [0.15, 0.2) is 5.65 Å². The van der Waals surface area contributed by atoms with Gasteiger partial charge in [-0.25, -0.2) is 4.98 Å². The quantitative estimate of drug-likeness (QED) is 0.362. The average molecular weight is 401 g/mol. The topological polar surface area (TPSA) is 35.1 Å². The molecule has 0 aliphatic rings. The zero-order valence-electron chi connectivity index (χ0n) is 19.3. The smallest absolute Gasteiger partial charge is 0.157 e. The number of allylic oxidation sites excluding steroid dienone is 1. The van der Waals surface area contributed by atoms with Crippen LogP contribution in [-0.2, 0) is 0 Å². The number of aryl methyl sites for hydroxylation is 4. The van der Waals surface area contributed by atoms with Gasteiger partial charge >= 0.3 is 0 Å². The van der Waals surface area contributed by atoms with Gasteiger partial charge in [-0.1, -0.05) is 38.1 Å². The summed E-state index contributed by atoms with van der Waals surface area (Å²) >= 11 is 0. The summed E-state index contributed by atoms with van der Waals surface area (Å²) in [7, 11) is 0. The summed E-state index contributed by atoms with van der Waals surface area (Å²) < 4.78 is 4.46. The molecule has 0 spiro atoms. The zero-order chi connectivity index (χ0) is 21.7. The van der Waals surface area contributed by atoms with Crippen molar-refractivity contribution >= 4 is 22.3 Å². The van der Waals surface area contributed by atoms with Crippen molar-refractivity contribution in [2.75, 3.05) is 0 Å². The van der Waals surface area contributed by atoms with E-state index in [2.05, 4.69) is 77.1 Å². The lowest BCUT2D eigenvalue weighted by Crippen LogP contribution is -2.09. The number of fused-ring (bicyclic) bond motifs is 3. The molecule has 0 fully saturated rings. The second-order valence-corrected chi connectivity index (χ2v) is 8.63. The van der Waals surface area contributed by atoms with Gasteiger partial charge in [-0.2, -0.15) is 9.61 Å². The van der Waals surface area contributed by atoms with Crippen LogP contribution in [0.3, 0.4) is 0 Å². The highest BCUT2D eigenvalue weighted by Gasteiger charge is 2.22. The third-order valence-corrected chi connectivity index (χ3v) is 6.32. The van der Waals surface area contributed by atoms with E-state index in [1.165, 1.54) is 33.2 Å². The predicted octanol–water partition coefficient (Wildman–Crippen LogP) is 6.98. The molecule has 0 amide bonds. The minimum atomic E-state index is 0.423. The highest BCUT2D eigenvalue weighted by Crippen LogP contribution is 2.38. The molecule has 0 bridgehead atoms. The largest absolute Gasteiger partial charge is 0.329 e. The minimum absolute atomic E-state index is 0.423. The van der Waals surface area contributed by atoms with Crippen LogP contribution in [0, 0.1) is 27.7 Å². The van der Waals surface area contributed by atoms with E-state index in [9.17, 15) is 0 Å². The van der Waals surface area contributed by atoms with Crippen molar-refractivity contribution in [3.8, 4) is 11.1 Å². The van der Waals surface area contributed by atoms with E-state index in [0.29, 0.717) is 6.04 Å². The second-order valence-electron chi connectivity index (χ2n) is 8.63. The van der Waals surface area contributed by atoms with Gasteiger partial charge in [0, 0.05) is 29.3 Å². The van der Waals surface area contributed by atoms with E-state index in [1.54, 1.807) is 0 Å². The Balaban J connectivity index is 2.13. The SMILES string of the molecule is C=C(C)c1cc(C)c(-c2cn(C(CC)CC)c3c2c(C)nc2cc(C)nn23)cc1C. The molecule has 0 aliphatic carbocycles. The van der Waals surface area contributed by atoms with Gasteiger partial charge in [-0.05, 0) is 69.7 Å². The molecule has 3 heterocycles. The van der Waals surface area contributed by atoms with Gasteiger partial charge in [0.2, 0.25) is 0 Å². The van der Waals surface area contributed by atoms with E-state index in [4.69, 9.17) is 10.1 Å². The van der Waals surface area contributed by atoms with E-state index >= 15 is 0 Å². The summed E-state index contributed by atoms with van der Waals surface area (Å²) in [6.45, 7) is 19.3. The first kappa shape index (κ1) is 20.4. The lowest BCUT2D eigenvalue weighted by molar-refractivity contribution is 0.481. The van der Waals surface area contributed by atoms with Crippen molar-refractivity contribution in [3.05, 3.63) is 59.1 Å². The van der Waals surface area contributed by atoms with Crippen molar-refractivity contribution in [2.24, 2.45) is 0 Å². The molecule has 4 heteroatoms. The molecule has 0 unspecified atom stereocenters. The van der Waals surface area contributed by atoms with Crippen molar-refractivity contribution in [1.82, 2.24) is 19.2 Å². The van der Waals surface area contributed by atoms with Crippen LogP contribution >= 0.6 is 0 Å². The van der Waals surface area contributed by atoms with Crippen LogP contribution in [-0.4, -0.2) is 19.2 Å². The van der Waals surface area contributed by atoms with Crippen molar-refractivity contribution in [2.45, 2.75) is 67.3 Å². The molecular weight excluding hydrogens is 368 g/mol. The molecule has 0 radical (unpaired) electrons. The summed E-state index contributed by atoms with van der Waals surface area (Å²) in [6, 6.07) is 7.07. The van der Waals surface area contributed by atoms with Crippen LogP contribution in [0.15, 0.2) is 31.0 Å². The molecule has 0 saturated carbocycles. The van der Waals surface area contributed by atoms with Gasteiger partial charge in [0.1, 0.15) is 5.65 Å². The molecule has 4 aromatic rings. The molecule has 0 atom stereocenters. The molecule has 30 heavy (non-hydrogen) atoms. The first-order valence-electron chi connectivity index (χ1n) is 10.9. The van der Waals surface area contributed by atoms with Gasteiger partial charge in [-0.3, -0.25) is 0 Å². The first-order valence-corrected chi connectivity index (χ1v) is 10.9. The standard InChI is InChI=1S/C26H32N4/c1-9-20(10-2)29-14-23(22-12-16(5)21(15(3)4)11-17(22)6)25-19(8)27-24-13-18(7)28-30(24)26(25)29/h11-14,20H,3,9-10H2,1-2,4-8H3. The van der Waals surface area contributed by atoms with Crippen LogP contribution in [0.25, 0.3) is 33.4 Å². The van der Waals surface area contributed by atoms with Crippen LogP contribution < -0.4 is 0 Å².